The molecule has 0 radical (unpaired) electrons. The number of hydrogen-bond donors (Lipinski definition) is 1. The highest BCUT2D eigenvalue weighted by atomic mass is 32.1. The average Bonchev–Trinajstić information content (AvgIpc) is 3.44. The molecule has 2 heterocycles. The highest BCUT2D eigenvalue weighted by Gasteiger charge is 2.48. The second-order valence-electron chi connectivity index (χ2n) is 8.91. The number of rotatable bonds is 8. The normalized spacial score (nSPS) is 16.9. The smallest absolute Gasteiger partial charge is 0.301 e. The van der Waals surface area contributed by atoms with Gasteiger partial charge in [-0.1, -0.05) is 43.2 Å². The molecule has 9 heteroatoms. The molecule has 6 nitrogen and oxygen atoms in total. The van der Waals surface area contributed by atoms with Gasteiger partial charge in [-0.25, -0.2) is 13.8 Å². The number of carbonyl (C=O) groups excluding carboxylic acids is 2. The molecular formula is C29H24F2N2O4S. The Balaban J connectivity index is 1.60. The maximum Gasteiger partial charge on any atom is 0.301 e. The van der Waals surface area contributed by atoms with E-state index in [1.54, 1.807) is 24.3 Å². The van der Waals surface area contributed by atoms with Gasteiger partial charge in [-0.15, -0.1) is 0 Å². The molecule has 1 fully saturated rings. The van der Waals surface area contributed by atoms with E-state index in [0.29, 0.717) is 28.1 Å². The zero-order chi connectivity index (χ0) is 26.8. The van der Waals surface area contributed by atoms with Gasteiger partial charge in [0.15, 0.2) is 5.13 Å². The van der Waals surface area contributed by atoms with E-state index in [1.165, 1.54) is 35.2 Å². The minimum absolute atomic E-state index is 0.149. The number of hydrogen-bond acceptors (Lipinski definition) is 6. The van der Waals surface area contributed by atoms with Gasteiger partial charge in [0.2, 0.25) is 0 Å². The Morgan fingerprint density at radius 1 is 1.00 bits per heavy atom. The maximum atomic E-state index is 13.8. The Labute approximate surface area is 221 Å². The largest absolute Gasteiger partial charge is 0.507 e. The number of aliphatic hydroxyl groups excluding tert-OH is 1. The van der Waals surface area contributed by atoms with Crippen molar-refractivity contribution in [3.8, 4) is 5.75 Å². The van der Waals surface area contributed by atoms with Gasteiger partial charge in [0.05, 0.1) is 28.4 Å². The molecule has 1 unspecified atom stereocenters. The van der Waals surface area contributed by atoms with Crippen LogP contribution in [-0.2, 0) is 9.59 Å². The lowest BCUT2D eigenvalue weighted by molar-refractivity contribution is -0.132. The van der Waals surface area contributed by atoms with Crippen LogP contribution in [0.2, 0.25) is 0 Å². The van der Waals surface area contributed by atoms with Crippen molar-refractivity contribution in [3.63, 3.8) is 0 Å². The highest BCUT2D eigenvalue weighted by molar-refractivity contribution is 7.22. The quantitative estimate of drug-likeness (QED) is 0.117. The van der Waals surface area contributed by atoms with Gasteiger partial charge >= 0.3 is 5.91 Å². The second kappa shape index (κ2) is 10.7. The Morgan fingerprint density at radius 2 is 1.71 bits per heavy atom. The van der Waals surface area contributed by atoms with Crippen molar-refractivity contribution < 1.29 is 28.2 Å². The van der Waals surface area contributed by atoms with Crippen molar-refractivity contribution in [3.05, 3.63) is 95.1 Å². The SMILES string of the molecule is CCCCCOc1ccc(C2/C(=C(\O)c3ccc(F)cc3)C(=O)C(=O)N2c2nc3ccc(F)cc3s2)cc1. The van der Waals surface area contributed by atoms with Crippen LogP contribution >= 0.6 is 11.3 Å². The Morgan fingerprint density at radius 3 is 2.42 bits per heavy atom. The number of ether oxygens (including phenoxy) is 1. The first-order valence-corrected chi connectivity index (χ1v) is 13.0. The molecule has 194 valence electrons. The summed E-state index contributed by atoms with van der Waals surface area (Å²) in [6, 6.07) is 15.0. The number of aromatic nitrogens is 1. The molecule has 1 amide bonds. The molecule has 1 aromatic heterocycles. The predicted molar refractivity (Wildman–Crippen MR) is 142 cm³/mol. The minimum Gasteiger partial charge on any atom is -0.507 e. The summed E-state index contributed by atoms with van der Waals surface area (Å²) in [7, 11) is 0. The van der Waals surface area contributed by atoms with Gasteiger partial charge in [0, 0.05) is 5.56 Å². The third-order valence-electron chi connectivity index (χ3n) is 6.32. The molecule has 1 aliphatic heterocycles. The van der Waals surface area contributed by atoms with Crippen LogP contribution in [0, 0.1) is 11.6 Å². The summed E-state index contributed by atoms with van der Waals surface area (Å²) in [4.78, 5) is 32.3. The zero-order valence-electron chi connectivity index (χ0n) is 20.5. The van der Waals surface area contributed by atoms with E-state index in [0.717, 1.165) is 42.7 Å². The van der Waals surface area contributed by atoms with E-state index in [9.17, 15) is 23.5 Å². The van der Waals surface area contributed by atoms with Crippen molar-refractivity contribution in [1.82, 2.24) is 4.98 Å². The number of anilines is 1. The van der Waals surface area contributed by atoms with Crippen molar-refractivity contribution in [1.29, 1.82) is 0 Å². The van der Waals surface area contributed by atoms with Crippen molar-refractivity contribution >= 4 is 44.1 Å². The number of aliphatic hydroxyl groups is 1. The summed E-state index contributed by atoms with van der Waals surface area (Å²) < 4.78 is 33.6. The van der Waals surface area contributed by atoms with Crippen LogP contribution in [0.1, 0.15) is 43.4 Å². The van der Waals surface area contributed by atoms with Crippen LogP contribution in [0.4, 0.5) is 13.9 Å². The third kappa shape index (κ3) is 4.89. The van der Waals surface area contributed by atoms with Crippen LogP contribution in [0.15, 0.2) is 72.3 Å². The standard InChI is InChI=1S/C29H24F2N2O4S/c1-2-3-4-15-37-21-12-7-17(8-13-21)25-24(26(34)18-5-9-19(30)10-6-18)27(35)28(36)33(25)29-32-22-14-11-20(31)16-23(22)38-29/h5-14,16,25,34H,2-4,15H2,1H3/b26-24+. The summed E-state index contributed by atoms with van der Waals surface area (Å²) >= 11 is 1.07. The summed E-state index contributed by atoms with van der Waals surface area (Å²) in [6.45, 7) is 2.68. The fraction of sp³-hybridized carbons (Fsp3) is 0.207. The molecular weight excluding hydrogens is 510 g/mol. The molecule has 1 saturated heterocycles. The van der Waals surface area contributed by atoms with Gasteiger partial charge in [-0.3, -0.25) is 14.5 Å². The molecule has 3 aromatic carbocycles. The molecule has 1 aliphatic rings. The van der Waals surface area contributed by atoms with E-state index in [4.69, 9.17) is 4.74 Å². The number of unbranched alkanes of at least 4 members (excludes halogenated alkanes) is 2. The Bertz CT molecular complexity index is 1530. The monoisotopic (exact) mass is 534 g/mol. The number of Topliss-reactive ketones (excluding diaryl/α,β-unsaturated/α-hetero) is 1. The number of thiazole rings is 1. The van der Waals surface area contributed by atoms with E-state index < -0.39 is 35.1 Å². The maximum absolute atomic E-state index is 13.8. The summed E-state index contributed by atoms with van der Waals surface area (Å²) in [5.41, 5.74) is 1.06. The molecule has 4 aromatic rings. The summed E-state index contributed by atoms with van der Waals surface area (Å²) in [5.74, 6) is -2.52. The average molecular weight is 535 g/mol. The summed E-state index contributed by atoms with van der Waals surface area (Å²) in [5, 5.41) is 11.3. The van der Waals surface area contributed by atoms with Gasteiger partial charge in [0.25, 0.3) is 5.78 Å². The molecule has 0 bridgehead atoms. The first kappa shape index (κ1) is 25.5. The number of ketones is 1. The third-order valence-corrected chi connectivity index (χ3v) is 7.34. The van der Waals surface area contributed by atoms with Crippen LogP contribution < -0.4 is 9.64 Å². The minimum atomic E-state index is -1.01. The van der Waals surface area contributed by atoms with Gasteiger partial charge < -0.3 is 9.84 Å². The molecule has 1 N–H and O–H groups in total. The van der Waals surface area contributed by atoms with Gasteiger partial charge in [-0.2, -0.15) is 0 Å². The number of halogens is 2. The number of nitrogens with zero attached hydrogens (tertiary/aromatic N) is 2. The first-order valence-electron chi connectivity index (χ1n) is 12.2. The number of fused-ring (bicyclic) bond motifs is 1. The zero-order valence-corrected chi connectivity index (χ0v) is 21.3. The summed E-state index contributed by atoms with van der Waals surface area (Å²) in [6.07, 6.45) is 3.06. The lowest BCUT2D eigenvalue weighted by Gasteiger charge is -2.23. The first-order chi connectivity index (χ1) is 18.4. The fourth-order valence-electron chi connectivity index (χ4n) is 4.39. The van der Waals surface area contributed by atoms with Crippen LogP contribution in [0.25, 0.3) is 16.0 Å². The Kier molecular flexibility index (Phi) is 7.20. The van der Waals surface area contributed by atoms with E-state index >= 15 is 0 Å². The lowest BCUT2D eigenvalue weighted by atomic mass is 9.95. The number of carbonyl (C=O) groups is 2. The fourth-order valence-corrected chi connectivity index (χ4v) is 5.40. The molecule has 38 heavy (non-hydrogen) atoms. The van der Waals surface area contributed by atoms with Crippen LogP contribution in [0.3, 0.4) is 0 Å². The molecule has 0 saturated carbocycles. The van der Waals surface area contributed by atoms with E-state index in [-0.39, 0.29) is 16.3 Å². The predicted octanol–water partition coefficient (Wildman–Crippen LogP) is 6.77. The highest BCUT2D eigenvalue weighted by Crippen LogP contribution is 2.44. The van der Waals surface area contributed by atoms with Crippen LogP contribution in [0.5, 0.6) is 5.75 Å². The van der Waals surface area contributed by atoms with Crippen molar-refractivity contribution in [2.75, 3.05) is 11.5 Å². The molecule has 5 rings (SSSR count). The van der Waals surface area contributed by atoms with Crippen molar-refractivity contribution in [2.24, 2.45) is 0 Å². The van der Waals surface area contributed by atoms with Gasteiger partial charge in [-0.05, 0) is 66.6 Å². The Hall–Kier alpha value is -4.11. The molecule has 0 aliphatic carbocycles. The molecule has 1 atom stereocenters. The number of benzene rings is 3. The second-order valence-corrected chi connectivity index (χ2v) is 9.92. The van der Waals surface area contributed by atoms with Gasteiger partial charge in [0.1, 0.15) is 23.1 Å². The lowest BCUT2D eigenvalue weighted by Crippen LogP contribution is -2.29. The number of amides is 1. The molecule has 0 spiro atoms. The van der Waals surface area contributed by atoms with E-state index in [2.05, 4.69) is 11.9 Å². The van der Waals surface area contributed by atoms with Crippen molar-refractivity contribution in [2.45, 2.75) is 32.2 Å². The van der Waals surface area contributed by atoms with E-state index in [1.807, 2.05) is 0 Å². The van der Waals surface area contributed by atoms with Crippen LogP contribution in [-0.4, -0.2) is 28.4 Å². The topological polar surface area (TPSA) is 79.7 Å².